The Bertz CT molecular complexity index is 236. The van der Waals surface area contributed by atoms with Crippen molar-refractivity contribution < 1.29 is 4.79 Å². The summed E-state index contributed by atoms with van der Waals surface area (Å²) in [6, 6.07) is 0. The van der Waals surface area contributed by atoms with E-state index >= 15 is 0 Å². The third-order valence-corrected chi connectivity index (χ3v) is 5.56. The first kappa shape index (κ1) is 7.54. The van der Waals surface area contributed by atoms with Gasteiger partial charge in [0.25, 0.3) is 0 Å². The summed E-state index contributed by atoms with van der Waals surface area (Å²) in [6.07, 6.45) is 4.66. The predicted molar refractivity (Wildman–Crippen MR) is 50.2 cm³/mol. The van der Waals surface area contributed by atoms with Gasteiger partial charge >= 0.3 is 0 Å². The molecule has 3 rings (SSSR count). The first-order valence-corrected chi connectivity index (χ1v) is 5.84. The van der Waals surface area contributed by atoms with Crippen LogP contribution in [0.2, 0.25) is 0 Å². The Morgan fingerprint density at radius 3 is 2.75 bits per heavy atom. The first-order valence-electron chi connectivity index (χ1n) is 4.92. The highest BCUT2D eigenvalue weighted by Gasteiger charge is 2.52. The summed E-state index contributed by atoms with van der Waals surface area (Å²) in [4.78, 5) is 12.2. The first-order chi connectivity index (χ1) is 5.75. The second kappa shape index (κ2) is 2.34. The molecule has 0 aromatic heterocycles. The lowest BCUT2D eigenvalue weighted by Crippen LogP contribution is -2.31. The van der Waals surface area contributed by atoms with Crippen molar-refractivity contribution in [3.63, 3.8) is 0 Å². The normalized spacial score (nSPS) is 56.4. The van der Waals surface area contributed by atoms with Crippen LogP contribution in [0.3, 0.4) is 0 Å². The van der Waals surface area contributed by atoms with Crippen LogP contribution in [0.25, 0.3) is 0 Å². The van der Waals surface area contributed by atoms with Gasteiger partial charge in [0.15, 0.2) is 0 Å². The average Bonchev–Trinajstić information content (AvgIpc) is 2.23. The maximum Gasteiger partial charge on any atom is 0.136 e. The van der Waals surface area contributed by atoms with E-state index in [2.05, 4.69) is 15.9 Å². The summed E-state index contributed by atoms with van der Waals surface area (Å²) in [5, 5.41) is 0. The van der Waals surface area contributed by atoms with Crippen molar-refractivity contribution in [3.8, 4) is 0 Å². The summed E-state index contributed by atoms with van der Waals surface area (Å²) in [5.41, 5.74) is 0. The zero-order valence-corrected chi connectivity index (χ0v) is 8.59. The van der Waals surface area contributed by atoms with E-state index in [9.17, 15) is 4.79 Å². The molecule has 3 saturated carbocycles. The molecule has 0 amide bonds. The number of halogens is 1. The summed E-state index contributed by atoms with van der Waals surface area (Å²) in [6.45, 7) is 0. The fourth-order valence-corrected chi connectivity index (χ4v) is 4.62. The smallest absolute Gasteiger partial charge is 0.136 e. The number of alkyl halides is 1. The standard InChI is InChI=1S/C10H13BrO/c11-10-7-2-5-1-6(3-7)9(12)4-8(5)10/h5-8,10H,1-4H2. The van der Waals surface area contributed by atoms with Crippen LogP contribution in [0.5, 0.6) is 0 Å². The summed E-state index contributed by atoms with van der Waals surface area (Å²) in [5.74, 6) is 3.41. The van der Waals surface area contributed by atoms with E-state index in [-0.39, 0.29) is 0 Å². The highest BCUT2D eigenvalue weighted by molar-refractivity contribution is 9.09. The monoisotopic (exact) mass is 228 g/mol. The van der Waals surface area contributed by atoms with Gasteiger partial charge in [0.05, 0.1) is 0 Å². The van der Waals surface area contributed by atoms with Crippen LogP contribution in [0.15, 0.2) is 0 Å². The van der Waals surface area contributed by atoms with Gasteiger partial charge in [-0.3, -0.25) is 4.79 Å². The Kier molecular flexibility index (Phi) is 1.47. The van der Waals surface area contributed by atoms with Crippen molar-refractivity contribution in [2.75, 3.05) is 0 Å². The molecule has 3 aliphatic rings. The zero-order valence-electron chi connectivity index (χ0n) is 7.00. The van der Waals surface area contributed by atoms with Crippen LogP contribution < -0.4 is 0 Å². The minimum absolute atomic E-state index is 0.451. The number of ketones is 1. The molecule has 3 bridgehead atoms. The minimum atomic E-state index is 0.451. The van der Waals surface area contributed by atoms with Crippen LogP contribution in [-0.2, 0) is 4.79 Å². The topological polar surface area (TPSA) is 17.1 Å². The van der Waals surface area contributed by atoms with Gasteiger partial charge < -0.3 is 0 Å². The van der Waals surface area contributed by atoms with Crippen LogP contribution in [0.4, 0.5) is 0 Å². The van der Waals surface area contributed by atoms with Gasteiger partial charge in [-0.15, -0.1) is 0 Å². The molecule has 0 saturated heterocycles. The predicted octanol–water partition coefficient (Wildman–Crippen LogP) is 2.39. The number of Topliss-reactive ketones (excluding diaryl/α,β-unsaturated/α-hetero) is 1. The second-order valence-electron chi connectivity index (χ2n) is 4.70. The Hall–Kier alpha value is 0.150. The number of hydrogen-bond donors (Lipinski definition) is 0. The number of carbonyl (C=O) groups excluding carboxylic acids is 1. The molecular formula is C10H13BrO. The van der Waals surface area contributed by atoms with Gasteiger partial charge in [0.2, 0.25) is 0 Å². The Labute approximate surface area is 81.0 Å². The molecule has 0 heterocycles. The quantitative estimate of drug-likeness (QED) is 0.583. The van der Waals surface area contributed by atoms with E-state index in [1.54, 1.807) is 0 Å². The molecule has 0 aromatic rings. The highest BCUT2D eigenvalue weighted by Crippen LogP contribution is 2.56. The van der Waals surface area contributed by atoms with Crippen LogP contribution >= 0.6 is 15.9 Å². The van der Waals surface area contributed by atoms with E-state index in [0.29, 0.717) is 22.4 Å². The number of rotatable bonds is 0. The van der Waals surface area contributed by atoms with Gasteiger partial charge in [-0.2, -0.15) is 0 Å². The third-order valence-electron chi connectivity index (χ3n) is 4.14. The maximum atomic E-state index is 11.6. The summed E-state index contributed by atoms with van der Waals surface area (Å²) < 4.78 is 0. The molecule has 3 fully saturated rings. The molecular weight excluding hydrogens is 216 g/mol. The van der Waals surface area contributed by atoms with Gasteiger partial charge in [-0.1, -0.05) is 15.9 Å². The van der Waals surface area contributed by atoms with E-state index in [0.717, 1.165) is 18.3 Å². The fourth-order valence-electron chi connectivity index (χ4n) is 3.57. The van der Waals surface area contributed by atoms with E-state index in [1.165, 1.54) is 19.3 Å². The molecule has 2 heteroatoms. The molecule has 5 atom stereocenters. The number of carbonyl (C=O) groups is 1. The summed E-state index contributed by atoms with van der Waals surface area (Å²) >= 11 is 3.77. The molecule has 12 heavy (non-hydrogen) atoms. The molecule has 0 aromatic carbocycles. The molecule has 0 N–H and O–H groups in total. The van der Waals surface area contributed by atoms with Gasteiger partial charge in [-0.05, 0) is 37.0 Å². The minimum Gasteiger partial charge on any atom is -0.299 e. The van der Waals surface area contributed by atoms with E-state index < -0.39 is 0 Å². The van der Waals surface area contributed by atoms with E-state index in [1.807, 2.05) is 0 Å². The second-order valence-corrected chi connectivity index (χ2v) is 5.76. The summed E-state index contributed by atoms with van der Waals surface area (Å²) in [7, 11) is 0. The molecule has 0 aliphatic heterocycles. The fraction of sp³-hybridized carbons (Fsp3) is 0.900. The van der Waals surface area contributed by atoms with Gasteiger partial charge in [0, 0.05) is 17.2 Å². The molecule has 5 unspecified atom stereocenters. The van der Waals surface area contributed by atoms with Crippen molar-refractivity contribution in [2.24, 2.45) is 23.7 Å². The molecule has 0 spiro atoms. The van der Waals surface area contributed by atoms with Crippen molar-refractivity contribution in [2.45, 2.75) is 30.5 Å². The molecule has 0 radical (unpaired) electrons. The van der Waals surface area contributed by atoms with Crippen LogP contribution in [0.1, 0.15) is 25.7 Å². The van der Waals surface area contributed by atoms with Gasteiger partial charge in [-0.25, -0.2) is 0 Å². The lowest BCUT2D eigenvalue weighted by Gasteiger charge is -2.32. The van der Waals surface area contributed by atoms with Gasteiger partial charge in [0.1, 0.15) is 5.78 Å². The van der Waals surface area contributed by atoms with Crippen molar-refractivity contribution in [1.29, 1.82) is 0 Å². The van der Waals surface area contributed by atoms with Crippen LogP contribution in [0, 0.1) is 23.7 Å². The largest absolute Gasteiger partial charge is 0.299 e. The zero-order chi connectivity index (χ0) is 8.29. The van der Waals surface area contributed by atoms with Crippen molar-refractivity contribution in [1.82, 2.24) is 0 Å². The third kappa shape index (κ3) is 0.822. The molecule has 66 valence electrons. The Balaban J connectivity index is 2.00. The SMILES string of the molecule is O=C1CC2C3CC1CC(C3)C2Br. The lowest BCUT2D eigenvalue weighted by molar-refractivity contribution is -0.127. The highest BCUT2D eigenvalue weighted by atomic mass is 79.9. The number of fused-ring (bicyclic) bond motifs is 2. The van der Waals surface area contributed by atoms with E-state index in [4.69, 9.17) is 0 Å². The average molecular weight is 229 g/mol. The molecule has 3 aliphatic carbocycles. The lowest BCUT2D eigenvalue weighted by atomic mass is 9.71. The molecule has 1 nitrogen and oxygen atoms in total. The van der Waals surface area contributed by atoms with Crippen molar-refractivity contribution >= 4 is 21.7 Å². The Morgan fingerprint density at radius 2 is 1.92 bits per heavy atom. The maximum absolute atomic E-state index is 11.6. The van der Waals surface area contributed by atoms with Crippen molar-refractivity contribution in [3.05, 3.63) is 0 Å². The Morgan fingerprint density at radius 1 is 1.17 bits per heavy atom. The number of hydrogen-bond acceptors (Lipinski definition) is 1. The van der Waals surface area contributed by atoms with Crippen LogP contribution in [-0.4, -0.2) is 10.6 Å².